The maximum Gasteiger partial charge on any atom is 0.289 e. The molecule has 0 heterocycles. The van der Waals surface area contributed by atoms with Crippen LogP contribution < -0.4 is 5.32 Å². The van der Waals surface area contributed by atoms with Crippen molar-refractivity contribution in [1.82, 2.24) is 4.31 Å². The average molecular weight is 449 g/mol. The Labute approximate surface area is 172 Å². The molecule has 0 aliphatic carbocycles. The molecule has 0 fully saturated rings. The second-order valence-electron chi connectivity index (χ2n) is 5.57. The van der Waals surface area contributed by atoms with Crippen molar-refractivity contribution in [2.45, 2.75) is 29.4 Å². The van der Waals surface area contributed by atoms with Gasteiger partial charge in [-0.1, -0.05) is 49.3 Å². The van der Waals surface area contributed by atoms with Crippen molar-refractivity contribution < 1.29 is 22.0 Å². The first-order valence-corrected chi connectivity index (χ1v) is 11.0. The Hall–Kier alpha value is -1.68. The zero-order chi connectivity index (χ0) is 20.9. The van der Waals surface area contributed by atoms with E-state index in [1.165, 1.54) is 46.8 Å². The van der Waals surface area contributed by atoms with Gasteiger partial charge in [0, 0.05) is 18.7 Å². The lowest BCUT2D eigenvalue weighted by Gasteiger charge is -2.18. The summed E-state index contributed by atoms with van der Waals surface area (Å²) < 4.78 is 52.1. The highest BCUT2D eigenvalue weighted by atomic mass is 35.5. The molecule has 2 aromatic rings. The quantitative estimate of drug-likeness (QED) is 0.581. The SMILES string of the molecule is CCN(CC)S(=O)(=O)c1cccc(C(=O)Nc2cccc(Cl)c2SC(F)F)c1. The van der Waals surface area contributed by atoms with E-state index in [1.807, 2.05) is 0 Å². The van der Waals surface area contributed by atoms with E-state index >= 15 is 0 Å². The van der Waals surface area contributed by atoms with Crippen LogP contribution in [0.15, 0.2) is 52.3 Å². The molecule has 0 radical (unpaired) electrons. The first kappa shape index (κ1) is 22.6. The fourth-order valence-electron chi connectivity index (χ4n) is 2.52. The van der Waals surface area contributed by atoms with Crippen molar-refractivity contribution in [3.05, 3.63) is 53.1 Å². The number of anilines is 1. The van der Waals surface area contributed by atoms with Crippen LogP contribution in [-0.2, 0) is 10.0 Å². The summed E-state index contributed by atoms with van der Waals surface area (Å²) in [6.45, 7) is 4.04. The third-order valence-electron chi connectivity index (χ3n) is 3.86. The Bertz CT molecular complexity index is 952. The second kappa shape index (κ2) is 9.69. The fraction of sp³-hybridized carbons (Fsp3) is 0.278. The van der Waals surface area contributed by atoms with Crippen LogP contribution >= 0.6 is 23.4 Å². The molecule has 2 aromatic carbocycles. The Morgan fingerprint density at radius 3 is 2.43 bits per heavy atom. The standard InChI is InChI=1S/C18H19ClF2N2O3S2/c1-3-23(4-2)28(25,26)13-8-5-7-12(11-13)17(24)22-15-10-6-9-14(19)16(15)27-18(20)21/h5-11,18H,3-4H2,1-2H3,(H,22,24). The average Bonchev–Trinajstić information content (AvgIpc) is 2.65. The molecule has 0 aliphatic rings. The summed E-state index contributed by atoms with van der Waals surface area (Å²) in [7, 11) is -3.73. The molecule has 28 heavy (non-hydrogen) atoms. The maximum atomic E-state index is 12.8. The summed E-state index contributed by atoms with van der Waals surface area (Å²) in [5.41, 5.74) is 0.209. The van der Waals surface area contributed by atoms with Gasteiger partial charge in [0.2, 0.25) is 10.0 Å². The number of benzene rings is 2. The predicted octanol–water partition coefficient (Wildman–Crippen LogP) is 4.94. The van der Waals surface area contributed by atoms with Gasteiger partial charge < -0.3 is 5.32 Å². The monoisotopic (exact) mass is 448 g/mol. The third kappa shape index (κ3) is 5.22. The molecule has 0 saturated carbocycles. The van der Waals surface area contributed by atoms with E-state index in [4.69, 9.17) is 11.6 Å². The van der Waals surface area contributed by atoms with Crippen molar-refractivity contribution in [1.29, 1.82) is 0 Å². The van der Waals surface area contributed by atoms with Crippen molar-refractivity contribution in [2.75, 3.05) is 18.4 Å². The van der Waals surface area contributed by atoms with Gasteiger partial charge in [0.25, 0.3) is 11.7 Å². The smallest absolute Gasteiger partial charge is 0.289 e. The normalized spacial score (nSPS) is 11.8. The Balaban J connectivity index is 2.34. The highest BCUT2D eigenvalue weighted by Gasteiger charge is 2.23. The second-order valence-corrected chi connectivity index (χ2v) is 8.91. The Kier molecular flexibility index (Phi) is 7.82. The lowest BCUT2D eigenvalue weighted by atomic mass is 10.2. The van der Waals surface area contributed by atoms with Gasteiger partial charge in [0.05, 0.1) is 20.5 Å². The van der Waals surface area contributed by atoms with Gasteiger partial charge in [-0.25, -0.2) is 8.42 Å². The molecule has 0 saturated heterocycles. The molecule has 5 nitrogen and oxygen atoms in total. The molecule has 10 heteroatoms. The minimum atomic E-state index is -3.73. The molecular formula is C18H19ClF2N2O3S2. The van der Waals surface area contributed by atoms with Gasteiger partial charge in [-0.2, -0.15) is 13.1 Å². The summed E-state index contributed by atoms with van der Waals surface area (Å²) in [4.78, 5) is 12.6. The highest BCUT2D eigenvalue weighted by Crippen LogP contribution is 2.37. The largest absolute Gasteiger partial charge is 0.321 e. The van der Waals surface area contributed by atoms with E-state index in [0.29, 0.717) is 13.1 Å². The lowest BCUT2D eigenvalue weighted by Crippen LogP contribution is -2.30. The molecule has 152 valence electrons. The summed E-state index contributed by atoms with van der Waals surface area (Å²) >= 11 is 6.19. The van der Waals surface area contributed by atoms with Crippen LogP contribution in [0.1, 0.15) is 24.2 Å². The van der Waals surface area contributed by atoms with Crippen LogP contribution in [0.4, 0.5) is 14.5 Å². The molecular weight excluding hydrogens is 430 g/mol. The minimum absolute atomic E-state index is 0.0166. The number of nitrogens with zero attached hydrogens (tertiary/aromatic N) is 1. The number of thioether (sulfide) groups is 1. The van der Waals surface area contributed by atoms with E-state index in [2.05, 4.69) is 5.32 Å². The van der Waals surface area contributed by atoms with E-state index < -0.39 is 21.7 Å². The first-order chi connectivity index (χ1) is 13.2. The number of carbonyl (C=O) groups excluding carboxylic acids is 1. The number of alkyl halides is 2. The molecule has 0 aromatic heterocycles. The Morgan fingerprint density at radius 2 is 1.82 bits per heavy atom. The zero-order valence-electron chi connectivity index (χ0n) is 15.2. The van der Waals surface area contributed by atoms with Crippen LogP contribution in [0.2, 0.25) is 5.02 Å². The Morgan fingerprint density at radius 1 is 1.18 bits per heavy atom. The van der Waals surface area contributed by atoms with Crippen LogP contribution in [0.5, 0.6) is 0 Å². The van der Waals surface area contributed by atoms with Crippen LogP contribution in [0, 0.1) is 0 Å². The summed E-state index contributed by atoms with van der Waals surface area (Å²) in [6, 6.07) is 9.98. The van der Waals surface area contributed by atoms with Crippen molar-refractivity contribution in [2.24, 2.45) is 0 Å². The number of amides is 1. The first-order valence-electron chi connectivity index (χ1n) is 8.35. The summed E-state index contributed by atoms with van der Waals surface area (Å²) in [5, 5.41) is 2.61. The molecule has 0 unspecified atom stereocenters. The van der Waals surface area contributed by atoms with E-state index in [-0.39, 0.29) is 37.8 Å². The maximum absolute atomic E-state index is 12.8. The van der Waals surface area contributed by atoms with Gasteiger partial charge in [0.1, 0.15) is 0 Å². The molecule has 0 atom stereocenters. The lowest BCUT2D eigenvalue weighted by molar-refractivity contribution is 0.102. The number of sulfonamides is 1. The van der Waals surface area contributed by atoms with Crippen LogP contribution in [0.25, 0.3) is 0 Å². The molecule has 1 N–H and O–H groups in total. The number of halogens is 3. The highest BCUT2D eigenvalue weighted by molar-refractivity contribution is 7.99. The van der Waals surface area contributed by atoms with Gasteiger partial charge >= 0.3 is 0 Å². The molecule has 0 bridgehead atoms. The van der Waals surface area contributed by atoms with E-state index in [0.717, 1.165) is 0 Å². The van der Waals surface area contributed by atoms with E-state index in [1.54, 1.807) is 13.8 Å². The number of hydrogen-bond donors (Lipinski definition) is 1. The number of nitrogens with one attached hydrogen (secondary N) is 1. The minimum Gasteiger partial charge on any atom is -0.321 e. The topological polar surface area (TPSA) is 66.5 Å². The van der Waals surface area contributed by atoms with Crippen molar-refractivity contribution in [3.63, 3.8) is 0 Å². The molecule has 2 rings (SSSR count). The molecule has 1 amide bonds. The van der Waals surface area contributed by atoms with Gasteiger partial charge in [-0.3, -0.25) is 4.79 Å². The third-order valence-corrected chi connectivity index (χ3v) is 7.19. The van der Waals surface area contributed by atoms with Gasteiger partial charge in [0.15, 0.2) is 0 Å². The number of carbonyl (C=O) groups is 1. The number of rotatable bonds is 8. The van der Waals surface area contributed by atoms with Crippen LogP contribution in [-0.4, -0.2) is 37.5 Å². The van der Waals surface area contributed by atoms with Crippen molar-refractivity contribution in [3.8, 4) is 0 Å². The van der Waals surface area contributed by atoms with E-state index in [9.17, 15) is 22.0 Å². The molecule has 0 aliphatic heterocycles. The summed E-state index contributed by atoms with van der Waals surface area (Å²) in [6.07, 6.45) is 0. The van der Waals surface area contributed by atoms with Crippen LogP contribution in [0.3, 0.4) is 0 Å². The zero-order valence-corrected chi connectivity index (χ0v) is 17.5. The summed E-state index contributed by atoms with van der Waals surface area (Å²) in [5.74, 6) is -3.34. The predicted molar refractivity (Wildman–Crippen MR) is 108 cm³/mol. The molecule has 0 spiro atoms. The van der Waals surface area contributed by atoms with Gasteiger partial charge in [-0.15, -0.1) is 0 Å². The fourth-order valence-corrected chi connectivity index (χ4v) is 4.94. The van der Waals surface area contributed by atoms with Gasteiger partial charge in [-0.05, 0) is 30.3 Å². The van der Waals surface area contributed by atoms with Crippen molar-refractivity contribution >= 4 is 45.0 Å². The number of hydrogen-bond acceptors (Lipinski definition) is 4.